The molecule has 3 aliphatic rings. The van der Waals surface area contributed by atoms with Crippen LogP contribution in [0.5, 0.6) is 0 Å². The number of nitrogens with zero attached hydrogens (tertiary/aromatic N) is 2. The van der Waals surface area contributed by atoms with Crippen LogP contribution in [0.3, 0.4) is 0 Å². The third-order valence-electron chi connectivity index (χ3n) is 10.1. The van der Waals surface area contributed by atoms with Crippen LogP contribution in [0.4, 0.5) is 0 Å². The van der Waals surface area contributed by atoms with Crippen LogP contribution in [0.1, 0.15) is 85.3 Å². The maximum Gasteiger partial charge on any atom is 0.337 e. The smallest absolute Gasteiger partial charge is 0.337 e. The highest BCUT2D eigenvalue weighted by Gasteiger charge is 2.29. The number of hydrogen-bond donors (Lipinski definition) is 1. The largest absolute Gasteiger partial charge is 0.478 e. The summed E-state index contributed by atoms with van der Waals surface area (Å²) in [5.41, 5.74) is 11.4. The first-order valence-electron chi connectivity index (χ1n) is 16.5. The summed E-state index contributed by atoms with van der Waals surface area (Å²) in [5.74, 6) is 1.10. The number of hydrogen-bond acceptors (Lipinski definition) is 3. The number of benzene rings is 3. The zero-order valence-corrected chi connectivity index (χ0v) is 26.2. The van der Waals surface area contributed by atoms with Gasteiger partial charge in [0.1, 0.15) is 0 Å². The van der Waals surface area contributed by atoms with Crippen LogP contribution in [0.25, 0.3) is 38.5 Å². The molecule has 2 heterocycles. The molecule has 3 aromatic carbocycles. The number of carboxylic acids is 1. The first-order chi connectivity index (χ1) is 22.0. The second-order valence-electron chi connectivity index (χ2n) is 13.0. The molecule has 4 nitrogen and oxygen atoms in total. The fourth-order valence-electron chi connectivity index (χ4n) is 7.69. The second kappa shape index (κ2) is 12.4. The van der Waals surface area contributed by atoms with Gasteiger partial charge >= 0.3 is 5.97 Å². The second-order valence-corrected chi connectivity index (χ2v) is 13.0. The van der Waals surface area contributed by atoms with Crippen molar-refractivity contribution in [3.63, 3.8) is 0 Å². The zero-order valence-electron chi connectivity index (χ0n) is 26.2. The minimum Gasteiger partial charge on any atom is -0.478 e. The van der Waals surface area contributed by atoms with E-state index in [0.717, 1.165) is 11.3 Å². The predicted octanol–water partition coefficient (Wildman–Crippen LogP) is 10.4. The molecule has 45 heavy (non-hydrogen) atoms. The molecule has 0 amide bonds. The molecule has 1 fully saturated rings. The molecule has 2 atom stereocenters. The normalized spacial score (nSPS) is 19.2. The van der Waals surface area contributed by atoms with E-state index in [2.05, 4.69) is 90.6 Å². The van der Waals surface area contributed by atoms with E-state index < -0.39 is 5.97 Å². The summed E-state index contributed by atoms with van der Waals surface area (Å²) in [4.78, 5) is 18.5. The first kappa shape index (κ1) is 29.2. The van der Waals surface area contributed by atoms with Gasteiger partial charge in [0, 0.05) is 17.8 Å². The van der Waals surface area contributed by atoms with E-state index >= 15 is 0 Å². The van der Waals surface area contributed by atoms with Crippen molar-refractivity contribution in [3.8, 4) is 11.1 Å². The van der Waals surface area contributed by atoms with Gasteiger partial charge < -0.3 is 5.11 Å². The monoisotopic (exact) mass is 592 g/mol. The number of pyridine rings is 2. The lowest BCUT2D eigenvalue weighted by molar-refractivity contribution is 0.0696. The van der Waals surface area contributed by atoms with Crippen molar-refractivity contribution in [2.45, 2.75) is 64.7 Å². The SMILES string of the molecule is CCC1C=CC2=C(C1)C(C)Cc1c2ccc2cc(C3CCCC3)cc(-c3ccccc3)c12.O=C(O)c1cnc2ncccc2c1. The minimum atomic E-state index is -0.974. The summed E-state index contributed by atoms with van der Waals surface area (Å²) in [6, 6.07) is 26.1. The van der Waals surface area contributed by atoms with Crippen molar-refractivity contribution in [1.82, 2.24) is 9.97 Å². The molecule has 0 radical (unpaired) electrons. The maximum absolute atomic E-state index is 10.6. The molecular weight excluding hydrogens is 552 g/mol. The van der Waals surface area contributed by atoms with Crippen LogP contribution in [0, 0.1) is 11.8 Å². The van der Waals surface area contributed by atoms with Crippen molar-refractivity contribution >= 4 is 33.3 Å². The average molecular weight is 593 g/mol. The molecule has 3 aliphatic carbocycles. The molecular formula is C41H40N2O2. The number of carboxylic acid groups (broad SMARTS) is 1. The van der Waals surface area contributed by atoms with Crippen LogP contribution in [-0.4, -0.2) is 21.0 Å². The van der Waals surface area contributed by atoms with Crippen molar-refractivity contribution in [1.29, 1.82) is 0 Å². The fourth-order valence-corrected chi connectivity index (χ4v) is 7.69. The van der Waals surface area contributed by atoms with Gasteiger partial charge in [-0.15, -0.1) is 0 Å². The Labute approximate surface area is 265 Å². The lowest BCUT2D eigenvalue weighted by Crippen LogP contribution is -2.18. The molecule has 2 unspecified atom stereocenters. The number of allylic oxidation sites excluding steroid dienone is 4. The Kier molecular flexibility index (Phi) is 8.06. The van der Waals surface area contributed by atoms with Crippen LogP contribution in [-0.2, 0) is 6.42 Å². The predicted molar refractivity (Wildman–Crippen MR) is 184 cm³/mol. The van der Waals surface area contributed by atoms with E-state index in [1.165, 1.54) is 84.2 Å². The summed E-state index contributed by atoms with van der Waals surface area (Å²) in [6.45, 7) is 4.78. The topological polar surface area (TPSA) is 63.1 Å². The van der Waals surface area contributed by atoms with Crippen LogP contribution in [0.2, 0.25) is 0 Å². The summed E-state index contributed by atoms with van der Waals surface area (Å²) in [6.07, 6.45) is 16.9. The molecule has 4 heteroatoms. The summed E-state index contributed by atoms with van der Waals surface area (Å²) in [5, 5.41) is 12.4. The van der Waals surface area contributed by atoms with Gasteiger partial charge in [-0.3, -0.25) is 0 Å². The number of fused-ring (bicyclic) bond motifs is 5. The molecule has 0 saturated heterocycles. The van der Waals surface area contributed by atoms with Crippen molar-refractivity contribution < 1.29 is 9.90 Å². The van der Waals surface area contributed by atoms with Crippen LogP contribution in [0.15, 0.2) is 103 Å². The van der Waals surface area contributed by atoms with Gasteiger partial charge in [-0.2, -0.15) is 0 Å². The van der Waals surface area contributed by atoms with E-state index in [-0.39, 0.29) is 5.56 Å². The van der Waals surface area contributed by atoms with Gasteiger partial charge in [0.15, 0.2) is 5.65 Å². The van der Waals surface area contributed by atoms with Gasteiger partial charge in [0.2, 0.25) is 0 Å². The van der Waals surface area contributed by atoms with E-state index in [1.807, 2.05) is 0 Å². The summed E-state index contributed by atoms with van der Waals surface area (Å²) >= 11 is 0. The van der Waals surface area contributed by atoms with Crippen molar-refractivity contribution in [3.05, 3.63) is 125 Å². The van der Waals surface area contributed by atoms with Gasteiger partial charge in [-0.05, 0) is 112 Å². The molecule has 2 aromatic heterocycles. The lowest BCUT2D eigenvalue weighted by Gasteiger charge is -2.33. The number of rotatable bonds is 4. The quantitative estimate of drug-likeness (QED) is 0.225. The molecule has 0 aliphatic heterocycles. The van der Waals surface area contributed by atoms with Crippen molar-refractivity contribution in [2.75, 3.05) is 0 Å². The zero-order chi connectivity index (χ0) is 30.9. The third-order valence-corrected chi connectivity index (χ3v) is 10.1. The molecule has 8 rings (SSSR count). The fraction of sp³-hybridized carbons (Fsp3) is 0.293. The van der Waals surface area contributed by atoms with Crippen LogP contribution < -0.4 is 0 Å². The Bertz CT molecular complexity index is 1950. The van der Waals surface area contributed by atoms with E-state index in [4.69, 9.17) is 5.11 Å². The van der Waals surface area contributed by atoms with E-state index in [0.29, 0.717) is 17.5 Å². The van der Waals surface area contributed by atoms with E-state index in [9.17, 15) is 4.79 Å². The highest BCUT2D eigenvalue weighted by atomic mass is 16.4. The number of aromatic carboxylic acids is 1. The molecule has 0 bridgehead atoms. The molecule has 0 spiro atoms. The highest BCUT2D eigenvalue weighted by Crippen LogP contribution is 2.47. The van der Waals surface area contributed by atoms with Gasteiger partial charge in [-0.1, -0.05) is 99.0 Å². The molecule has 226 valence electrons. The number of carbonyl (C=O) groups is 1. The minimum absolute atomic E-state index is 0.181. The Balaban J connectivity index is 0.000000209. The van der Waals surface area contributed by atoms with Crippen LogP contribution >= 0.6 is 0 Å². The number of aromatic nitrogens is 2. The molecule has 5 aromatic rings. The standard InChI is InChI=1S/C32H34.C9H6N2O2/c1-3-22-13-15-27-28-16-14-25-19-26(23-9-7-8-10-23)20-30(24-11-5-4-6-12-24)32(25)31(28)17-21(2)29(27)18-22;12-9(13)7-4-6-2-1-3-10-8(6)11-5-7/h4-6,11-16,19-23H,3,7-10,17-18H2,1-2H3;1-5H,(H,12,13). The maximum atomic E-state index is 10.6. The Morgan fingerprint density at radius 1 is 0.889 bits per heavy atom. The summed E-state index contributed by atoms with van der Waals surface area (Å²) < 4.78 is 0. The Morgan fingerprint density at radius 2 is 1.71 bits per heavy atom. The Morgan fingerprint density at radius 3 is 2.49 bits per heavy atom. The summed E-state index contributed by atoms with van der Waals surface area (Å²) in [7, 11) is 0. The first-order valence-corrected chi connectivity index (χ1v) is 16.5. The van der Waals surface area contributed by atoms with Gasteiger partial charge in [0.05, 0.1) is 5.56 Å². The van der Waals surface area contributed by atoms with E-state index in [1.54, 1.807) is 41.1 Å². The third kappa shape index (κ3) is 5.70. The van der Waals surface area contributed by atoms with Crippen molar-refractivity contribution in [2.24, 2.45) is 11.8 Å². The molecule has 1 saturated carbocycles. The van der Waals surface area contributed by atoms with Gasteiger partial charge in [0.25, 0.3) is 0 Å². The molecule has 1 N–H and O–H groups in total. The average Bonchev–Trinajstić information content (AvgIpc) is 3.63. The Hall–Kier alpha value is -4.57. The highest BCUT2D eigenvalue weighted by molar-refractivity contribution is 6.03. The lowest BCUT2D eigenvalue weighted by atomic mass is 9.71. The van der Waals surface area contributed by atoms with Gasteiger partial charge in [-0.25, -0.2) is 14.8 Å².